The molecule has 0 aliphatic rings. The first-order valence-electron chi connectivity index (χ1n) is 17.2. The second kappa shape index (κ2) is 21.7. The van der Waals surface area contributed by atoms with Crippen molar-refractivity contribution in [3.63, 3.8) is 0 Å². The summed E-state index contributed by atoms with van der Waals surface area (Å²) in [7, 11) is -30.9. The van der Waals surface area contributed by atoms with E-state index in [-0.39, 0.29) is 88.7 Å². The van der Waals surface area contributed by atoms with Crippen molar-refractivity contribution in [3.05, 3.63) is 108 Å². The summed E-state index contributed by atoms with van der Waals surface area (Å²) < 4.78 is 206. The molecule has 6 aromatic carbocycles. The Labute approximate surface area is 457 Å². The van der Waals surface area contributed by atoms with Gasteiger partial charge in [0.1, 0.15) is 29.4 Å². The van der Waals surface area contributed by atoms with E-state index in [0.29, 0.717) is 12.1 Å². The molecule has 0 aliphatic carbocycles. The molecule has 25 nitrogen and oxygen atoms in total. The monoisotopic (exact) mass is 1100 g/mol. The molecule has 0 saturated heterocycles. The summed E-state index contributed by atoms with van der Waals surface area (Å²) in [6.07, 6.45) is 0. The molecular formula is C35H29N4Na3O21S6. The standard InChI is InChI=1S/C35H26N4O21S6.3Na.3H/c40-33(17-7-9-21(29(15-17)65(55,56)57)36-23-11-13-25(61(43,44)45)19-3-1-5-27(31(19)23)63(49,50)51)38-35(42)39-34(41)18-8-10-22(30(16-18)66(58,59)60)37-24-12-14-26(62(46,47)48)20-4-2-6-28(32(20)24)64(52,53)54;;;;;;/h1-16,36-37H,(H,43,44,45)(H,46,47,48)(H,49,50,51)(H,52,53,54)(H,55,56,57)(H,58,59,60)(H2,38,39,40,41,42);;;;;;. The van der Waals surface area contributed by atoms with Crippen LogP contribution in [0.2, 0.25) is 0 Å². The van der Waals surface area contributed by atoms with E-state index in [1.165, 1.54) is 0 Å². The predicted molar refractivity (Wildman–Crippen MR) is 248 cm³/mol. The number of urea groups is 1. The predicted octanol–water partition coefficient (Wildman–Crippen LogP) is 1.29. The first-order valence-corrected chi connectivity index (χ1v) is 25.9. The SMILES string of the molecule is O=C(NC(=O)c1ccc(Nc2ccc(S(=O)(=O)O)c3cccc(S(=O)(=O)O)c23)c(S(=O)(=O)O)c1)NC(=O)c1ccc(Nc2ccc(S(=O)(=O)O)c3cccc(S(=O)(=O)O)c23)c(S(=O)(=O)O)c1.[NaH].[NaH].[NaH]. The summed E-state index contributed by atoms with van der Waals surface area (Å²) in [6.45, 7) is 0. The molecule has 0 heterocycles. The summed E-state index contributed by atoms with van der Waals surface area (Å²) in [6, 6.07) is 11.9. The number of fused-ring (bicyclic) bond motifs is 2. The van der Waals surface area contributed by atoms with Gasteiger partial charge < -0.3 is 10.6 Å². The molecule has 0 unspecified atom stereocenters. The van der Waals surface area contributed by atoms with Crippen LogP contribution in [0.1, 0.15) is 20.7 Å². The van der Waals surface area contributed by atoms with Crippen LogP contribution in [0.25, 0.3) is 21.5 Å². The van der Waals surface area contributed by atoms with Gasteiger partial charge in [-0.1, -0.05) is 24.3 Å². The van der Waals surface area contributed by atoms with E-state index in [1.807, 2.05) is 0 Å². The van der Waals surface area contributed by atoms with Gasteiger partial charge in [-0.3, -0.25) is 47.5 Å². The number of hydrogen-bond donors (Lipinski definition) is 10. The number of anilines is 4. The van der Waals surface area contributed by atoms with Gasteiger partial charge in [0.2, 0.25) is 0 Å². The molecule has 0 aliphatic heterocycles. The molecule has 4 amide bonds. The van der Waals surface area contributed by atoms with Crippen molar-refractivity contribution in [1.29, 1.82) is 0 Å². The van der Waals surface area contributed by atoms with Crippen LogP contribution in [0.5, 0.6) is 0 Å². The Hall–Kier alpha value is -3.49. The Kier molecular flexibility index (Phi) is 18.8. The maximum absolute atomic E-state index is 13.1. The Morgan fingerprint density at radius 1 is 0.348 bits per heavy atom. The van der Waals surface area contributed by atoms with E-state index in [2.05, 4.69) is 10.6 Å². The molecule has 0 atom stereocenters. The topological polar surface area (TPSA) is 426 Å². The molecule has 10 N–H and O–H groups in total. The van der Waals surface area contributed by atoms with Crippen LogP contribution in [0.4, 0.5) is 27.5 Å². The van der Waals surface area contributed by atoms with Crippen molar-refractivity contribution in [2.75, 3.05) is 10.6 Å². The second-order valence-electron chi connectivity index (χ2n) is 13.3. The first kappa shape index (κ1) is 59.8. The van der Waals surface area contributed by atoms with E-state index in [9.17, 15) is 92.2 Å². The van der Waals surface area contributed by atoms with Crippen LogP contribution in [0.3, 0.4) is 0 Å². The molecule has 354 valence electrons. The van der Waals surface area contributed by atoms with Gasteiger partial charge in [0.05, 0.1) is 11.4 Å². The molecule has 69 heavy (non-hydrogen) atoms. The normalized spacial score (nSPS) is 12.1. The summed E-state index contributed by atoms with van der Waals surface area (Å²) in [5.41, 5.74) is -3.43. The van der Waals surface area contributed by atoms with Crippen molar-refractivity contribution in [2.45, 2.75) is 29.4 Å². The van der Waals surface area contributed by atoms with Crippen LogP contribution in [0, 0.1) is 0 Å². The maximum atomic E-state index is 13.1. The third-order valence-electron chi connectivity index (χ3n) is 9.07. The van der Waals surface area contributed by atoms with Crippen molar-refractivity contribution in [1.82, 2.24) is 10.6 Å². The third kappa shape index (κ3) is 13.5. The zero-order valence-corrected chi connectivity index (χ0v) is 36.9. The summed E-state index contributed by atoms with van der Waals surface area (Å²) in [4.78, 5) is 33.2. The molecule has 6 aromatic rings. The van der Waals surface area contributed by atoms with Crippen LogP contribution in [-0.2, 0) is 60.7 Å². The number of hydrogen-bond acceptors (Lipinski definition) is 17. The van der Waals surface area contributed by atoms with Crippen molar-refractivity contribution in [3.8, 4) is 0 Å². The minimum absolute atomic E-state index is 0. The Balaban J connectivity index is 0.00000420. The van der Waals surface area contributed by atoms with Crippen molar-refractivity contribution >= 4 is 212 Å². The van der Waals surface area contributed by atoms with Gasteiger partial charge in [0.25, 0.3) is 72.5 Å². The molecule has 34 heteroatoms. The van der Waals surface area contributed by atoms with Gasteiger partial charge in [0, 0.05) is 44.0 Å². The van der Waals surface area contributed by atoms with E-state index in [0.717, 1.165) is 84.9 Å². The van der Waals surface area contributed by atoms with Crippen molar-refractivity contribution in [2.24, 2.45) is 0 Å². The number of benzene rings is 6. The second-order valence-corrected chi connectivity index (χ2v) is 21.7. The summed E-state index contributed by atoms with van der Waals surface area (Å²) in [5, 5.41) is 6.11. The van der Waals surface area contributed by atoms with Gasteiger partial charge in [0.15, 0.2) is 0 Å². The number of nitrogens with one attached hydrogen (secondary N) is 4. The molecule has 0 aromatic heterocycles. The van der Waals surface area contributed by atoms with Crippen molar-refractivity contribution < 1.29 is 92.2 Å². The quantitative estimate of drug-likeness (QED) is 0.0610. The average molecular weight is 1100 g/mol. The van der Waals surface area contributed by atoms with Gasteiger partial charge in [-0.15, -0.1) is 0 Å². The Morgan fingerprint density at radius 2 is 0.638 bits per heavy atom. The first-order chi connectivity index (χ1) is 30.3. The van der Waals surface area contributed by atoms with Crippen LogP contribution in [0.15, 0.2) is 126 Å². The van der Waals surface area contributed by atoms with E-state index in [1.54, 1.807) is 10.6 Å². The molecular weight excluding hydrogens is 1070 g/mol. The fourth-order valence-electron chi connectivity index (χ4n) is 6.41. The van der Waals surface area contributed by atoms with Gasteiger partial charge in [-0.05, 0) is 72.8 Å². The fraction of sp³-hybridized carbons (Fsp3) is 0. The minimum atomic E-state index is -5.33. The van der Waals surface area contributed by atoms with Gasteiger partial charge in [-0.25, -0.2) is 4.79 Å². The summed E-state index contributed by atoms with van der Waals surface area (Å²) >= 11 is 0. The van der Waals surface area contributed by atoms with E-state index in [4.69, 9.17) is 0 Å². The zero-order valence-electron chi connectivity index (χ0n) is 32.0. The number of imide groups is 2. The number of carbonyl (C=O) groups is 3. The molecule has 0 radical (unpaired) electrons. The Morgan fingerprint density at radius 3 is 0.928 bits per heavy atom. The van der Waals surface area contributed by atoms with Crippen LogP contribution >= 0.6 is 0 Å². The molecule has 0 bridgehead atoms. The zero-order chi connectivity index (χ0) is 49.1. The fourth-order valence-corrected chi connectivity index (χ4v) is 10.6. The number of amides is 4. The van der Waals surface area contributed by atoms with Crippen LogP contribution in [-0.4, -0.2) is 184 Å². The van der Waals surface area contributed by atoms with E-state index >= 15 is 0 Å². The van der Waals surface area contributed by atoms with E-state index < -0.39 is 163 Å². The number of rotatable bonds is 12. The van der Waals surface area contributed by atoms with Crippen LogP contribution < -0.4 is 21.3 Å². The molecule has 0 fully saturated rings. The molecule has 6 rings (SSSR count). The summed E-state index contributed by atoms with van der Waals surface area (Å²) in [5.74, 6) is -2.88. The molecule has 0 spiro atoms. The molecule has 0 saturated carbocycles. The number of carbonyl (C=O) groups excluding carboxylic acids is 3. The van der Waals surface area contributed by atoms with Gasteiger partial charge >= 0.3 is 94.7 Å². The third-order valence-corrected chi connectivity index (χ3v) is 14.5. The Bertz CT molecular complexity index is 3590. The van der Waals surface area contributed by atoms with Gasteiger partial charge in [-0.2, -0.15) is 50.5 Å². The average Bonchev–Trinajstić information content (AvgIpc) is 3.18.